The Balaban J connectivity index is 1.39. The number of amides is 2. The van der Waals surface area contributed by atoms with E-state index in [1.165, 1.54) is 29.2 Å². The molecule has 1 N–H and O–H groups in total. The molecule has 2 aliphatic carbocycles. The number of benzene rings is 2. The lowest BCUT2D eigenvalue weighted by Gasteiger charge is -2.29. The molecule has 3 fully saturated rings. The maximum absolute atomic E-state index is 14.7. The topological polar surface area (TPSA) is 83.6 Å². The second-order valence-electron chi connectivity index (χ2n) is 9.85. The number of fused-ring (bicyclic) bond motifs is 1. The molecule has 0 radical (unpaired) electrons. The fourth-order valence-corrected chi connectivity index (χ4v) is 5.77. The third-order valence-electron chi connectivity index (χ3n) is 7.23. The van der Waals surface area contributed by atoms with Gasteiger partial charge in [-0.3, -0.25) is 9.59 Å². The summed E-state index contributed by atoms with van der Waals surface area (Å²) in [5.74, 6) is -3.33. The molecule has 0 spiro atoms. The molecule has 1 unspecified atom stereocenters. The van der Waals surface area contributed by atoms with E-state index in [2.05, 4.69) is 5.32 Å². The van der Waals surface area contributed by atoms with Crippen LogP contribution in [0.4, 0.5) is 17.6 Å². The number of likely N-dealkylation sites (tertiary alicyclic amines) is 1. The third kappa shape index (κ3) is 4.60. The Morgan fingerprint density at radius 3 is 2.33 bits per heavy atom. The van der Waals surface area contributed by atoms with E-state index in [0.717, 1.165) is 12.7 Å². The van der Waals surface area contributed by atoms with Crippen LogP contribution in [0.3, 0.4) is 0 Å². The van der Waals surface area contributed by atoms with Gasteiger partial charge in [0.25, 0.3) is 12.3 Å². The number of nitrogens with zero attached hydrogens (tertiary/aromatic N) is 1. The van der Waals surface area contributed by atoms with Gasteiger partial charge in [0.2, 0.25) is 5.91 Å². The van der Waals surface area contributed by atoms with Gasteiger partial charge in [0.1, 0.15) is 17.7 Å². The molecule has 1 saturated heterocycles. The zero-order chi connectivity index (χ0) is 25.9. The summed E-state index contributed by atoms with van der Waals surface area (Å²) in [6.45, 7) is 0. The lowest BCUT2D eigenvalue weighted by molar-refractivity contribution is -0.126. The van der Waals surface area contributed by atoms with Crippen LogP contribution in [-0.2, 0) is 14.6 Å². The maximum Gasteiger partial charge on any atom is 0.266 e. The summed E-state index contributed by atoms with van der Waals surface area (Å²) >= 11 is 0. The van der Waals surface area contributed by atoms with Crippen molar-refractivity contribution in [1.29, 1.82) is 0 Å². The number of carbonyl (C=O) groups is 2. The van der Waals surface area contributed by atoms with Crippen molar-refractivity contribution in [2.24, 2.45) is 11.8 Å². The lowest BCUT2D eigenvalue weighted by Crippen LogP contribution is -2.49. The second-order valence-corrected chi connectivity index (χ2v) is 11.9. The monoisotopic (exact) mass is 524 g/mol. The molecule has 0 bridgehead atoms. The first-order valence-electron chi connectivity index (χ1n) is 11.7. The van der Waals surface area contributed by atoms with E-state index < -0.39 is 57.4 Å². The maximum atomic E-state index is 14.7. The molecule has 1 heterocycles. The van der Waals surface area contributed by atoms with Crippen molar-refractivity contribution in [1.82, 2.24) is 10.2 Å². The predicted octanol–water partition coefficient (Wildman–Crippen LogP) is 4.18. The SMILES string of the molecule is CS(=O)(=O)c1cccc(C(=O)N2[C@@H](C(=O)NC(c3cc(F)c(C(F)F)cc3F)C3CC3)C[C@H]3C[C@H]32)c1. The van der Waals surface area contributed by atoms with Gasteiger partial charge in [0.15, 0.2) is 9.84 Å². The minimum atomic E-state index is -3.54. The van der Waals surface area contributed by atoms with Crippen molar-refractivity contribution < 1.29 is 35.6 Å². The first-order chi connectivity index (χ1) is 17.0. The zero-order valence-corrected chi connectivity index (χ0v) is 20.1. The highest BCUT2D eigenvalue weighted by Crippen LogP contribution is 2.49. The van der Waals surface area contributed by atoms with Gasteiger partial charge < -0.3 is 10.2 Å². The molecule has 6 nitrogen and oxygen atoms in total. The Morgan fingerprint density at radius 2 is 1.69 bits per heavy atom. The van der Waals surface area contributed by atoms with Crippen molar-refractivity contribution in [3.8, 4) is 0 Å². The van der Waals surface area contributed by atoms with E-state index in [1.807, 2.05) is 0 Å². The van der Waals surface area contributed by atoms with E-state index in [9.17, 15) is 35.6 Å². The molecule has 2 saturated carbocycles. The Kier molecular flexibility index (Phi) is 6.09. The number of alkyl halides is 2. The zero-order valence-electron chi connectivity index (χ0n) is 19.3. The number of rotatable bonds is 7. The van der Waals surface area contributed by atoms with E-state index in [-0.39, 0.29) is 33.9 Å². The van der Waals surface area contributed by atoms with Crippen molar-refractivity contribution in [3.63, 3.8) is 0 Å². The van der Waals surface area contributed by atoms with Gasteiger partial charge in [-0.1, -0.05) is 6.07 Å². The molecule has 192 valence electrons. The number of halogens is 4. The van der Waals surface area contributed by atoms with Gasteiger partial charge >= 0.3 is 0 Å². The molecular formula is C25H24F4N2O4S. The Labute approximate surface area is 205 Å². The molecule has 2 aromatic carbocycles. The van der Waals surface area contributed by atoms with E-state index >= 15 is 0 Å². The standard InChI is InChI=1S/C25H24F4N2O4S/c1-36(34,35)15-4-2-3-13(7-15)25(33)31-20-8-14(20)9-21(31)24(32)30-22(12-5-6-12)16-10-19(27)17(23(28)29)11-18(16)26/h2-4,7,10-12,14,20-23H,5-6,8-9H2,1H3,(H,30,32)/t14-,20-,21-,22?/m1/s1. The molecule has 4 atom stereocenters. The largest absolute Gasteiger partial charge is 0.347 e. The highest BCUT2D eigenvalue weighted by Gasteiger charge is 2.56. The molecule has 0 aromatic heterocycles. The number of nitrogens with one attached hydrogen (secondary N) is 1. The first-order valence-corrected chi connectivity index (χ1v) is 13.5. The lowest BCUT2D eigenvalue weighted by atomic mass is 9.98. The quantitative estimate of drug-likeness (QED) is 0.551. The van der Waals surface area contributed by atoms with Crippen LogP contribution in [0.15, 0.2) is 41.3 Å². The summed E-state index contributed by atoms with van der Waals surface area (Å²) in [4.78, 5) is 28.1. The summed E-state index contributed by atoms with van der Waals surface area (Å²) in [5, 5.41) is 2.74. The van der Waals surface area contributed by atoms with Crippen LogP contribution in [0, 0.1) is 23.5 Å². The van der Waals surface area contributed by atoms with Crippen LogP contribution >= 0.6 is 0 Å². The fourth-order valence-electron chi connectivity index (χ4n) is 5.10. The van der Waals surface area contributed by atoms with Crippen LogP contribution in [-0.4, -0.2) is 43.5 Å². The number of sulfone groups is 1. The Morgan fingerprint density at radius 1 is 1.03 bits per heavy atom. The normalized spacial score (nSPS) is 23.9. The molecule has 1 aliphatic heterocycles. The van der Waals surface area contributed by atoms with Crippen LogP contribution in [0.1, 0.15) is 59.6 Å². The van der Waals surface area contributed by atoms with Gasteiger partial charge in [-0.25, -0.2) is 26.0 Å². The Hall–Kier alpha value is -2.95. The summed E-state index contributed by atoms with van der Waals surface area (Å²) < 4.78 is 78.7. The van der Waals surface area contributed by atoms with Crippen molar-refractivity contribution >= 4 is 21.7 Å². The molecular weight excluding hydrogens is 500 g/mol. The van der Waals surface area contributed by atoms with Crippen molar-refractivity contribution in [2.75, 3.05) is 6.26 Å². The summed E-state index contributed by atoms with van der Waals surface area (Å²) in [6, 6.07) is 4.84. The van der Waals surface area contributed by atoms with E-state index in [1.54, 1.807) is 0 Å². The average molecular weight is 525 g/mol. The van der Waals surface area contributed by atoms with E-state index in [4.69, 9.17) is 0 Å². The predicted molar refractivity (Wildman–Crippen MR) is 121 cm³/mol. The van der Waals surface area contributed by atoms with Crippen molar-refractivity contribution in [2.45, 2.75) is 55.1 Å². The minimum absolute atomic E-state index is 0.0144. The number of hydrogen-bond donors (Lipinski definition) is 1. The average Bonchev–Trinajstić information content (AvgIpc) is 3.75. The molecule has 3 aliphatic rings. The summed E-state index contributed by atoms with van der Waals surface area (Å²) in [5.41, 5.74) is -1.10. The molecule has 2 aromatic rings. The van der Waals surface area contributed by atoms with Crippen LogP contribution in [0.25, 0.3) is 0 Å². The summed E-state index contributed by atoms with van der Waals surface area (Å²) in [7, 11) is -3.54. The Bertz CT molecular complexity index is 1350. The number of piperidine rings is 1. The smallest absolute Gasteiger partial charge is 0.266 e. The third-order valence-corrected chi connectivity index (χ3v) is 8.34. The molecule has 11 heteroatoms. The molecule has 36 heavy (non-hydrogen) atoms. The van der Waals surface area contributed by atoms with Crippen LogP contribution in [0.5, 0.6) is 0 Å². The first kappa shape index (κ1) is 24.7. The van der Waals surface area contributed by atoms with Gasteiger partial charge in [-0.15, -0.1) is 0 Å². The van der Waals surface area contributed by atoms with Gasteiger partial charge in [-0.2, -0.15) is 0 Å². The fraction of sp³-hybridized carbons (Fsp3) is 0.440. The van der Waals surface area contributed by atoms with Crippen LogP contribution in [0.2, 0.25) is 0 Å². The number of carbonyl (C=O) groups excluding carboxylic acids is 2. The molecule has 2 amide bonds. The van der Waals surface area contributed by atoms with Gasteiger partial charge in [0.05, 0.1) is 16.5 Å². The highest BCUT2D eigenvalue weighted by atomic mass is 32.2. The van der Waals surface area contributed by atoms with Crippen molar-refractivity contribution in [3.05, 3.63) is 64.7 Å². The van der Waals surface area contributed by atoms with E-state index in [0.29, 0.717) is 31.4 Å². The van der Waals surface area contributed by atoms with Crippen LogP contribution < -0.4 is 5.32 Å². The van der Waals surface area contributed by atoms with Gasteiger partial charge in [-0.05, 0) is 67.9 Å². The second kappa shape index (κ2) is 8.86. The highest BCUT2D eigenvalue weighted by molar-refractivity contribution is 7.90. The molecule has 5 rings (SSSR count). The minimum Gasteiger partial charge on any atom is -0.347 e. The number of hydrogen-bond acceptors (Lipinski definition) is 4. The summed E-state index contributed by atoms with van der Waals surface area (Å²) in [6.07, 6.45) is 0.287. The van der Waals surface area contributed by atoms with Gasteiger partial charge in [0, 0.05) is 23.4 Å².